The highest BCUT2D eigenvalue weighted by atomic mass is 16.5. The lowest BCUT2D eigenvalue weighted by molar-refractivity contribution is -0.120. The van der Waals surface area contributed by atoms with Gasteiger partial charge in [0.1, 0.15) is 5.75 Å². The molecule has 0 spiro atoms. The van der Waals surface area contributed by atoms with Gasteiger partial charge < -0.3 is 14.2 Å². The van der Waals surface area contributed by atoms with Crippen LogP contribution < -0.4 is 24.8 Å². The van der Waals surface area contributed by atoms with Gasteiger partial charge in [0.05, 0.1) is 39.7 Å². The van der Waals surface area contributed by atoms with Gasteiger partial charge in [0.2, 0.25) is 17.8 Å². The minimum Gasteiger partial charge on any atom is -0.494 e. The van der Waals surface area contributed by atoms with Crippen molar-refractivity contribution < 1.29 is 23.8 Å². The second-order valence-corrected chi connectivity index (χ2v) is 6.66. The summed E-state index contributed by atoms with van der Waals surface area (Å²) in [6.45, 7) is 2.50. The lowest BCUT2D eigenvalue weighted by Gasteiger charge is -2.21. The van der Waals surface area contributed by atoms with Crippen LogP contribution in [0, 0.1) is 0 Å². The van der Waals surface area contributed by atoms with Gasteiger partial charge in [-0.25, -0.2) is 4.99 Å². The minimum atomic E-state index is -0.370. The van der Waals surface area contributed by atoms with Gasteiger partial charge in [0.25, 0.3) is 0 Å². The second-order valence-electron chi connectivity index (χ2n) is 6.66. The number of ether oxygens (including phenoxy) is 3. The Labute approximate surface area is 175 Å². The molecule has 8 nitrogen and oxygen atoms in total. The Hall–Kier alpha value is -3.55. The molecule has 1 aliphatic rings. The van der Waals surface area contributed by atoms with Crippen molar-refractivity contribution in [2.75, 3.05) is 20.8 Å². The first-order valence-electron chi connectivity index (χ1n) is 9.63. The Morgan fingerprint density at radius 1 is 1.13 bits per heavy atom. The number of benzene rings is 2. The van der Waals surface area contributed by atoms with Crippen molar-refractivity contribution in [3.8, 4) is 17.2 Å². The molecule has 8 heteroatoms. The zero-order chi connectivity index (χ0) is 21.5. The van der Waals surface area contributed by atoms with Gasteiger partial charge in [-0.1, -0.05) is 18.2 Å². The molecule has 0 saturated carbocycles. The number of hydrogen-bond donors (Lipinski definition) is 2. The predicted octanol–water partition coefficient (Wildman–Crippen LogP) is 2.38. The smallest absolute Gasteiger partial charge is 0.231 e. The van der Waals surface area contributed by atoms with E-state index in [1.807, 2.05) is 31.2 Å². The lowest BCUT2D eigenvalue weighted by atomic mass is 10.0. The highest BCUT2D eigenvalue weighted by Crippen LogP contribution is 2.28. The Morgan fingerprint density at radius 2 is 1.87 bits per heavy atom. The molecule has 2 amide bonds. The first kappa shape index (κ1) is 21.2. The molecule has 0 aliphatic carbocycles. The van der Waals surface area contributed by atoms with E-state index in [0.717, 1.165) is 16.9 Å². The van der Waals surface area contributed by atoms with Gasteiger partial charge in [0, 0.05) is 0 Å². The molecule has 1 heterocycles. The van der Waals surface area contributed by atoms with Crippen LogP contribution in [-0.2, 0) is 16.0 Å². The van der Waals surface area contributed by atoms with Crippen LogP contribution in [0.2, 0.25) is 0 Å². The van der Waals surface area contributed by atoms with Crippen LogP contribution in [0.4, 0.5) is 0 Å². The van der Waals surface area contributed by atoms with Crippen LogP contribution in [-0.4, -0.2) is 38.6 Å². The van der Waals surface area contributed by atoms with Gasteiger partial charge >= 0.3 is 0 Å². The summed E-state index contributed by atoms with van der Waals surface area (Å²) < 4.78 is 15.9. The average molecular weight is 411 g/mol. The van der Waals surface area contributed by atoms with Crippen LogP contribution in [0.25, 0.3) is 0 Å². The van der Waals surface area contributed by atoms with E-state index in [9.17, 15) is 9.59 Å². The summed E-state index contributed by atoms with van der Waals surface area (Å²) in [7, 11) is 3.09. The van der Waals surface area contributed by atoms with Gasteiger partial charge in [0.15, 0.2) is 11.5 Å². The monoisotopic (exact) mass is 411 g/mol. The quantitative estimate of drug-likeness (QED) is 0.729. The molecular formula is C22H25N3O5. The topological polar surface area (TPSA) is 98.3 Å². The molecule has 2 N–H and O–H groups in total. The largest absolute Gasteiger partial charge is 0.494 e. The Morgan fingerprint density at radius 3 is 2.53 bits per heavy atom. The highest BCUT2D eigenvalue weighted by Gasteiger charge is 2.23. The molecule has 0 unspecified atom stereocenters. The van der Waals surface area contributed by atoms with E-state index in [2.05, 4.69) is 15.6 Å². The Kier molecular flexibility index (Phi) is 6.90. The van der Waals surface area contributed by atoms with Gasteiger partial charge in [-0.3, -0.25) is 20.2 Å². The maximum atomic E-state index is 12.5. The molecule has 0 radical (unpaired) electrons. The maximum absolute atomic E-state index is 12.5. The van der Waals surface area contributed by atoms with E-state index in [1.54, 1.807) is 25.3 Å². The predicted molar refractivity (Wildman–Crippen MR) is 112 cm³/mol. The van der Waals surface area contributed by atoms with Crippen molar-refractivity contribution in [2.24, 2.45) is 4.99 Å². The maximum Gasteiger partial charge on any atom is 0.231 e. The van der Waals surface area contributed by atoms with Crippen LogP contribution >= 0.6 is 0 Å². The third-order valence-corrected chi connectivity index (χ3v) is 4.57. The summed E-state index contributed by atoms with van der Waals surface area (Å²) in [4.78, 5) is 29.1. The van der Waals surface area contributed by atoms with E-state index in [0.29, 0.717) is 18.1 Å². The van der Waals surface area contributed by atoms with Crippen molar-refractivity contribution >= 4 is 17.8 Å². The third kappa shape index (κ3) is 5.28. The molecule has 0 saturated heterocycles. The number of hydrogen-bond acceptors (Lipinski definition) is 6. The minimum absolute atomic E-state index is 0.100. The molecule has 0 aromatic heterocycles. The van der Waals surface area contributed by atoms with Gasteiger partial charge in [-0.05, 0) is 42.3 Å². The van der Waals surface area contributed by atoms with Gasteiger partial charge in [-0.15, -0.1) is 0 Å². The van der Waals surface area contributed by atoms with Crippen LogP contribution in [0.15, 0.2) is 47.5 Å². The Bertz CT molecular complexity index is 940. The molecule has 2 aromatic carbocycles. The zero-order valence-corrected chi connectivity index (χ0v) is 17.2. The molecule has 30 heavy (non-hydrogen) atoms. The van der Waals surface area contributed by atoms with Crippen LogP contribution in [0.3, 0.4) is 0 Å². The summed E-state index contributed by atoms with van der Waals surface area (Å²) in [5.74, 6) is 1.54. The summed E-state index contributed by atoms with van der Waals surface area (Å²) in [5, 5.41) is 5.29. The number of carbonyl (C=O) groups is 2. The number of methoxy groups -OCH3 is 2. The molecule has 1 aliphatic heterocycles. The molecule has 158 valence electrons. The van der Waals surface area contributed by atoms with Crippen molar-refractivity contribution in [1.29, 1.82) is 0 Å². The fourth-order valence-corrected chi connectivity index (χ4v) is 3.15. The van der Waals surface area contributed by atoms with E-state index >= 15 is 0 Å². The summed E-state index contributed by atoms with van der Waals surface area (Å²) in [6.07, 6.45) is 0.312. The second kappa shape index (κ2) is 9.78. The SMILES string of the molecule is CCOc1ccc([C@@H]2CC(=O)NC(NC(=O)Cc3ccc(OC)c(OC)c3)=N2)cc1. The van der Waals surface area contributed by atoms with Gasteiger partial charge in [-0.2, -0.15) is 0 Å². The number of amides is 2. The molecule has 2 aromatic rings. The normalized spacial score (nSPS) is 15.6. The molecule has 0 fully saturated rings. The average Bonchev–Trinajstić information content (AvgIpc) is 2.74. The Balaban J connectivity index is 1.68. The standard InChI is InChI=1S/C22H25N3O5/c1-4-30-16-8-6-15(7-9-16)17-13-21(27)25-22(23-17)24-20(26)12-14-5-10-18(28-2)19(11-14)29-3/h5-11,17H,4,12-13H2,1-3H3,(H2,23,24,25,26,27)/t17-/m0/s1. The summed E-state index contributed by atoms with van der Waals surface area (Å²) in [6, 6.07) is 12.3. The fourth-order valence-electron chi connectivity index (χ4n) is 3.15. The number of aliphatic imine (C=N–C) groups is 1. The number of carbonyl (C=O) groups excluding carboxylic acids is 2. The van der Waals surface area contributed by atoms with Crippen LogP contribution in [0.1, 0.15) is 30.5 Å². The van der Waals surface area contributed by atoms with E-state index < -0.39 is 0 Å². The zero-order valence-electron chi connectivity index (χ0n) is 17.2. The van der Waals surface area contributed by atoms with E-state index in [-0.39, 0.29) is 36.7 Å². The summed E-state index contributed by atoms with van der Waals surface area (Å²) >= 11 is 0. The van der Waals surface area contributed by atoms with Crippen molar-refractivity contribution in [2.45, 2.75) is 25.8 Å². The fraction of sp³-hybridized carbons (Fsp3) is 0.318. The molecule has 3 rings (SSSR count). The van der Waals surface area contributed by atoms with Crippen LogP contribution in [0.5, 0.6) is 17.2 Å². The lowest BCUT2D eigenvalue weighted by Crippen LogP contribution is -2.47. The molecule has 1 atom stereocenters. The summed E-state index contributed by atoms with van der Waals surface area (Å²) in [5.41, 5.74) is 1.62. The molecule has 0 bridgehead atoms. The van der Waals surface area contributed by atoms with E-state index in [4.69, 9.17) is 14.2 Å². The first-order chi connectivity index (χ1) is 14.5. The number of rotatable bonds is 7. The number of nitrogens with zero attached hydrogens (tertiary/aromatic N) is 1. The number of guanidine groups is 1. The first-order valence-corrected chi connectivity index (χ1v) is 9.63. The van der Waals surface area contributed by atoms with Crippen molar-refractivity contribution in [3.63, 3.8) is 0 Å². The van der Waals surface area contributed by atoms with Crippen molar-refractivity contribution in [1.82, 2.24) is 10.6 Å². The third-order valence-electron chi connectivity index (χ3n) is 4.57. The van der Waals surface area contributed by atoms with E-state index in [1.165, 1.54) is 7.11 Å². The highest BCUT2D eigenvalue weighted by molar-refractivity contribution is 6.06. The number of nitrogens with one attached hydrogen (secondary N) is 2. The molecular weight excluding hydrogens is 386 g/mol. The van der Waals surface area contributed by atoms with Crippen molar-refractivity contribution in [3.05, 3.63) is 53.6 Å².